The van der Waals surface area contributed by atoms with Gasteiger partial charge in [-0.1, -0.05) is 0 Å². The van der Waals surface area contributed by atoms with Crippen LogP contribution < -0.4 is 4.90 Å². The van der Waals surface area contributed by atoms with Crippen LogP contribution in [0.1, 0.15) is 18.9 Å². The molecule has 1 aromatic carbocycles. The van der Waals surface area contributed by atoms with Crippen molar-refractivity contribution in [1.29, 1.82) is 0 Å². The number of aromatic nitrogens is 2. The highest BCUT2D eigenvalue weighted by atomic mass is 16.6. The quantitative estimate of drug-likeness (QED) is 0.633. The lowest BCUT2D eigenvalue weighted by atomic mass is 10.0. The monoisotopic (exact) mass is 317 g/mol. The smallest absolute Gasteiger partial charge is 0.299 e. The first-order valence-electron chi connectivity index (χ1n) is 7.23. The molecule has 2 aromatic rings. The zero-order valence-electron chi connectivity index (χ0n) is 12.2. The molecule has 1 saturated heterocycles. The van der Waals surface area contributed by atoms with E-state index < -0.39 is 9.85 Å². The predicted molar refractivity (Wildman–Crippen MR) is 82.5 cm³/mol. The maximum absolute atomic E-state index is 11.3. The van der Waals surface area contributed by atoms with E-state index in [0.717, 1.165) is 18.9 Å². The number of nitrogens with zero attached hydrogens (tertiary/aromatic N) is 5. The minimum absolute atomic E-state index is 0.133. The van der Waals surface area contributed by atoms with Gasteiger partial charge in [-0.3, -0.25) is 24.9 Å². The molecular formula is C14H15N5O4. The van der Waals surface area contributed by atoms with Gasteiger partial charge >= 0.3 is 0 Å². The van der Waals surface area contributed by atoms with Gasteiger partial charge in [-0.25, -0.2) is 0 Å². The average Bonchev–Trinajstić information content (AvgIpc) is 3.09. The second-order valence-corrected chi connectivity index (χ2v) is 5.42. The first-order chi connectivity index (χ1) is 11.1. The summed E-state index contributed by atoms with van der Waals surface area (Å²) in [6.45, 7) is 1.26. The standard InChI is InChI=1S/C14H15N5O4/c20-18(21)11-4-5-13(14(9-11)19(22)23)16-7-1-3-12(10-16)17-8-2-6-15-17/h2,4-6,8-9,12H,1,3,7,10H2. The van der Waals surface area contributed by atoms with E-state index >= 15 is 0 Å². The van der Waals surface area contributed by atoms with Gasteiger partial charge in [-0.2, -0.15) is 5.10 Å². The number of rotatable bonds is 4. The van der Waals surface area contributed by atoms with Gasteiger partial charge in [-0.05, 0) is 25.0 Å². The van der Waals surface area contributed by atoms with Crippen LogP contribution >= 0.6 is 0 Å². The molecule has 3 rings (SSSR count). The maximum atomic E-state index is 11.3. The van der Waals surface area contributed by atoms with E-state index in [9.17, 15) is 20.2 Å². The topological polar surface area (TPSA) is 107 Å². The van der Waals surface area contributed by atoms with Crippen molar-refractivity contribution in [3.05, 3.63) is 56.9 Å². The summed E-state index contributed by atoms with van der Waals surface area (Å²) >= 11 is 0. The Hall–Kier alpha value is -2.97. The van der Waals surface area contributed by atoms with E-state index in [0.29, 0.717) is 18.8 Å². The summed E-state index contributed by atoms with van der Waals surface area (Å²) in [6.07, 6.45) is 5.39. The molecule has 1 aliphatic rings. The summed E-state index contributed by atoms with van der Waals surface area (Å²) in [4.78, 5) is 22.8. The maximum Gasteiger partial charge on any atom is 0.299 e. The molecule has 120 valence electrons. The molecule has 0 radical (unpaired) electrons. The highest BCUT2D eigenvalue weighted by Crippen LogP contribution is 2.35. The molecule has 9 nitrogen and oxygen atoms in total. The van der Waals surface area contributed by atoms with E-state index in [1.165, 1.54) is 12.1 Å². The molecule has 23 heavy (non-hydrogen) atoms. The molecule has 0 N–H and O–H groups in total. The Morgan fingerprint density at radius 2 is 2.04 bits per heavy atom. The van der Waals surface area contributed by atoms with Gasteiger partial charge in [0, 0.05) is 31.5 Å². The van der Waals surface area contributed by atoms with Gasteiger partial charge in [0.2, 0.25) is 0 Å². The van der Waals surface area contributed by atoms with Crippen LogP contribution in [0.4, 0.5) is 17.1 Å². The highest BCUT2D eigenvalue weighted by molar-refractivity contribution is 5.67. The van der Waals surface area contributed by atoms with E-state index in [4.69, 9.17) is 0 Å². The predicted octanol–water partition coefficient (Wildman–Crippen LogP) is 2.54. The van der Waals surface area contributed by atoms with Gasteiger partial charge in [-0.15, -0.1) is 0 Å². The third-order valence-electron chi connectivity index (χ3n) is 4.00. The van der Waals surface area contributed by atoms with Crippen LogP contribution in [0.3, 0.4) is 0 Å². The first-order valence-corrected chi connectivity index (χ1v) is 7.23. The number of piperidine rings is 1. The van der Waals surface area contributed by atoms with Crippen LogP contribution in [0.2, 0.25) is 0 Å². The van der Waals surface area contributed by atoms with Gasteiger partial charge < -0.3 is 4.90 Å². The van der Waals surface area contributed by atoms with Gasteiger partial charge in [0.1, 0.15) is 5.69 Å². The Morgan fingerprint density at radius 3 is 2.70 bits per heavy atom. The fourth-order valence-electron chi connectivity index (χ4n) is 2.93. The van der Waals surface area contributed by atoms with Crippen LogP contribution in [0.25, 0.3) is 0 Å². The lowest BCUT2D eigenvalue weighted by molar-refractivity contribution is -0.393. The van der Waals surface area contributed by atoms with Crippen molar-refractivity contribution in [3.8, 4) is 0 Å². The normalized spacial score (nSPS) is 17.9. The van der Waals surface area contributed by atoms with Crippen LogP contribution in [0.5, 0.6) is 0 Å². The number of hydrogen-bond donors (Lipinski definition) is 0. The number of hydrogen-bond acceptors (Lipinski definition) is 6. The third kappa shape index (κ3) is 2.98. The Kier molecular flexibility index (Phi) is 3.92. The largest absolute Gasteiger partial charge is 0.364 e. The van der Waals surface area contributed by atoms with E-state index in [1.807, 2.05) is 21.8 Å². The lowest BCUT2D eigenvalue weighted by Gasteiger charge is -2.34. The van der Waals surface area contributed by atoms with E-state index in [1.54, 1.807) is 6.20 Å². The molecule has 1 aliphatic heterocycles. The molecule has 1 fully saturated rings. The number of anilines is 1. The van der Waals surface area contributed by atoms with Crippen molar-refractivity contribution in [2.45, 2.75) is 18.9 Å². The van der Waals surface area contributed by atoms with E-state index in [2.05, 4.69) is 5.10 Å². The van der Waals surface area contributed by atoms with Crippen molar-refractivity contribution in [2.75, 3.05) is 18.0 Å². The highest BCUT2D eigenvalue weighted by Gasteiger charge is 2.28. The van der Waals surface area contributed by atoms with Crippen molar-refractivity contribution in [3.63, 3.8) is 0 Å². The summed E-state index contributed by atoms with van der Waals surface area (Å²) in [5.41, 5.74) is -0.0983. The fraction of sp³-hybridized carbons (Fsp3) is 0.357. The van der Waals surface area contributed by atoms with Crippen molar-refractivity contribution >= 4 is 17.1 Å². The molecule has 1 aromatic heterocycles. The molecule has 9 heteroatoms. The number of nitro groups is 2. The Bertz CT molecular complexity index is 731. The average molecular weight is 317 g/mol. The summed E-state index contributed by atoms with van der Waals surface area (Å²) < 4.78 is 1.85. The second-order valence-electron chi connectivity index (χ2n) is 5.42. The van der Waals surface area contributed by atoms with Crippen molar-refractivity contribution in [2.24, 2.45) is 0 Å². The van der Waals surface area contributed by atoms with Gasteiger partial charge in [0.15, 0.2) is 0 Å². The zero-order valence-corrected chi connectivity index (χ0v) is 12.2. The molecule has 0 aliphatic carbocycles. The van der Waals surface area contributed by atoms with Crippen LogP contribution in [-0.2, 0) is 0 Å². The second kappa shape index (κ2) is 6.03. The lowest BCUT2D eigenvalue weighted by Crippen LogP contribution is -2.37. The molecule has 0 bridgehead atoms. The molecule has 1 atom stereocenters. The number of non-ortho nitro benzene ring substituents is 1. The molecule has 0 amide bonds. The van der Waals surface area contributed by atoms with Crippen molar-refractivity contribution < 1.29 is 9.85 Å². The fourth-order valence-corrected chi connectivity index (χ4v) is 2.93. The zero-order chi connectivity index (χ0) is 16.4. The Labute approximate surface area is 131 Å². The van der Waals surface area contributed by atoms with E-state index in [-0.39, 0.29) is 17.4 Å². The molecule has 1 unspecified atom stereocenters. The van der Waals surface area contributed by atoms with Crippen LogP contribution in [0.15, 0.2) is 36.7 Å². The van der Waals surface area contributed by atoms with Crippen molar-refractivity contribution in [1.82, 2.24) is 9.78 Å². The summed E-state index contributed by atoms with van der Waals surface area (Å²) in [5.74, 6) is 0. The molecule has 0 saturated carbocycles. The number of benzene rings is 1. The van der Waals surface area contributed by atoms with Crippen LogP contribution in [0, 0.1) is 20.2 Å². The third-order valence-corrected chi connectivity index (χ3v) is 4.00. The summed E-state index contributed by atoms with van der Waals surface area (Å²) in [7, 11) is 0. The van der Waals surface area contributed by atoms with Crippen LogP contribution in [-0.4, -0.2) is 32.7 Å². The first kappa shape index (κ1) is 14.9. The Morgan fingerprint density at radius 1 is 1.22 bits per heavy atom. The summed E-state index contributed by atoms with van der Waals surface area (Å²) in [5, 5.41) is 26.3. The SMILES string of the molecule is O=[N+]([O-])c1ccc(N2CCCC(n3cccn3)C2)c([N+](=O)[O-])c1. The minimum Gasteiger partial charge on any atom is -0.364 e. The van der Waals surface area contributed by atoms with Gasteiger partial charge in [0.25, 0.3) is 11.4 Å². The molecule has 0 spiro atoms. The van der Waals surface area contributed by atoms with Gasteiger partial charge in [0.05, 0.1) is 22.0 Å². The Balaban J connectivity index is 1.91. The number of nitro benzene ring substituents is 2. The minimum atomic E-state index is -0.625. The molecule has 2 heterocycles. The molecular weight excluding hydrogens is 302 g/mol. The summed E-state index contributed by atoms with van der Waals surface area (Å²) in [6, 6.07) is 5.76.